The van der Waals surface area contributed by atoms with E-state index in [0.29, 0.717) is 37.9 Å². The number of carboxylic acid groups (broad SMARTS) is 1. The number of hydrogen-bond donors (Lipinski definition) is 2. The van der Waals surface area contributed by atoms with E-state index >= 15 is 0 Å². The van der Waals surface area contributed by atoms with E-state index in [-0.39, 0.29) is 11.5 Å². The summed E-state index contributed by atoms with van der Waals surface area (Å²) in [5.74, 6) is -0.270. The van der Waals surface area contributed by atoms with Crippen LogP contribution in [-0.2, 0) is 4.79 Å². The van der Waals surface area contributed by atoms with E-state index in [1.54, 1.807) is 48.5 Å². The molecule has 8 heteroatoms. The van der Waals surface area contributed by atoms with Crippen molar-refractivity contribution in [3.63, 3.8) is 0 Å². The number of carbonyl (C=O) groups excluding carboxylic acids is 1. The second-order valence-corrected chi connectivity index (χ2v) is 8.34. The van der Waals surface area contributed by atoms with Gasteiger partial charge in [0, 0.05) is 16.7 Å². The summed E-state index contributed by atoms with van der Waals surface area (Å²) in [6.07, 6.45) is 1.63. The maximum atomic E-state index is 12.4. The number of furan rings is 1. The Morgan fingerprint density at radius 1 is 1.19 bits per heavy atom. The van der Waals surface area contributed by atoms with Gasteiger partial charge in [-0.1, -0.05) is 23.7 Å². The number of aryl methyl sites for hydroxylation is 1. The molecule has 1 aliphatic heterocycles. The number of rotatable bonds is 4. The highest BCUT2D eigenvalue weighted by Crippen LogP contribution is 2.33. The highest BCUT2D eigenvalue weighted by Gasteiger charge is 2.24. The number of hydrogen-bond acceptors (Lipinski definition) is 5. The molecule has 31 heavy (non-hydrogen) atoms. The average molecular weight is 453 g/mol. The number of benzene rings is 2. The molecule has 2 aromatic carbocycles. The van der Waals surface area contributed by atoms with Gasteiger partial charge in [-0.05, 0) is 73.1 Å². The van der Waals surface area contributed by atoms with Gasteiger partial charge in [0.25, 0.3) is 5.91 Å². The number of nitrogens with one attached hydrogen (secondary N) is 1. The largest absolute Gasteiger partial charge is 0.478 e. The summed E-state index contributed by atoms with van der Waals surface area (Å²) < 4.78 is 5.86. The van der Waals surface area contributed by atoms with Gasteiger partial charge >= 0.3 is 5.97 Å². The van der Waals surface area contributed by atoms with Gasteiger partial charge in [0.15, 0.2) is 5.17 Å². The van der Waals surface area contributed by atoms with E-state index in [9.17, 15) is 14.7 Å². The molecular formula is C23H17ClN2O4S. The summed E-state index contributed by atoms with van der Waals surface area (Å²) in [5.41, 5.74) is 3.27. The number of thioether (sulfide) groups is 1. The Kier molecular flexibility index (Phi) is 5.71. The third-order valence-corrected chi connectivity index (χ3v) is 6.08. The summed E-state index contributed by atoms with van der Waals surface area (Å²) in [6.45, 7) is 3.74. The van der Waals surface area contributed by atoms with Crippen molar-refractivity contribution in [1.29, 1.82) is 0 Å². The van der Waals surface area contributed by atoms with E-state index in [0.717, 1.165) is 11.1 Å². The second kappa shape index (κ2) is 8.45. The van der Waals surface area contributed by atoms with Crippen molar-refractivity contribution in [1.82, 2.24) is 5.32 Å². The zero-order chi connectivity index (χ0) is 22.1. The lowest BCUT2D eigenvalue weighted by atomic mass is 10.0. The number of carbonyl (C=O) groups is 2. The standard InChI is InChI=1S/C23H17ClN2O4S/c1-12-6-7-14(22(28)29)10-16(12)19-9-8-15(30-19)11-20-21(27)26-23(31-20)25-18-5-3-4-17(24)13(18)2/h3-11H,1-2H3,(H,28,29)(H,25,26,27)/b20-11+. The monoisotopic (exact) mass is 452 g/mol. The van der Waals surface area contributed by atoms with E-state index < -0.39 is 5.97 Å². The first kappa shape index (κ1) is 21.0. The smallest absolute Gasteiger partial charge is 0.335 e. The molecule has 4 rings (SSSR count). The van der Waals surface area contributed by atoms with E-state index in [1.165, 1.54) is 11.8 Å². The SMILES string of the molecule is Cc1ccc(C(=O)O)cc1-c1ccc(/C=C2/SC(=Nc3cccc(Cl)c3C)NC2=O)o1. The van der Waals surface area contributed by atoms with Crippen LogP contribution < -0.4 is 5.32 Å². The molecule has 1 aliphatic rings. The van der Waals surface area contributed by atoms with Gasteiger partial charge in [-0.25, -0.2) is 9.79 Å². The molecule has 0 unspecified atom stereocenters. The number of halogens is 1. The van der Waals surface area contributed by atoms with Crippen molar-refractivity contribution >= 4 is 52.2 Å². The summed E-state index contributed by atoms with van der Waals surface area (Å²) >= 11 is 7.34. The zero-order valence-corrected chi connectivity index (χ0v) is 18.2. The molecule has 1 fully saturated rings. The Morgan fingerprint density at radius 2 is 2.00 bits per heavy atom. The van der Waals surface area contributed by atoms with Crippen molar-refractivity contribution < 1.29 is 19.1 Å². The lowest BCUT2D eigenvalue weighted by Crippen LogP contribution is -2.19. The van der Waals surface area contributed by atoms with Gasteiger partial charge < -0.3 is 14.8 Å². The van der Waals surface area contributed by atoms with Crippen LogP contribution in [0.25, 0.3) is 17.4 Å². The minimum absolute atomic E-state index is 0.180. The van der Waals surface area contributed by atoms with Gasteiger partial charge in [0.1, 0.15) is 11.5 Å². The third kappa shape index (κ3) is 4.42. The van der Waals surface area contributed by atoms with Crippen LogP contribution in [0.15, 0.2) is 62.8 Å². The maximum absolute atomic E-state index is 12.4. The summed E-state index contributed by atoms with van der Waals surface area (Å²) in [5, 5.41) is 13.0. The lowest BCUT2D eigenvalue weighted by Gasteiger charge is -2.04. The zero-order valence-electron chi connectivity index (χ0n) is 16.6. The predicted molar refractivity (Wildman–Crippen MR) is 123 cm³/mol. The van der Waals surface area contributed by atoms with E-state index in [2.05, 4.69) is 10.3 Å². The minimum Gasteiger partial charge on any atom is -0.478 e. The molecule has 3 aromatic rings. The molecule has 1 saturated heterocycles. The molecule has 0 saturated carbocycles. The van der Waals surface area contributed by atoms with Gasteiger partial charge in [-0.3, -0.25) is 4.79 Å². The van der Waals surface area contributed by atoms with Crippen LogP contribution in [0, 0.1) is 13.8 Å². The fraction of sp³-hybridized carbons (Fsp3) is 0.0870. The van der Waals surface area contributed by atoms with Crippen molar-refractivity contribution in [2.24, 2.45) is 4.99 Å². The second-order valence-electron chi connectivity index (χ2n) is 6.90. The Morgan fingerprint density at radius 3 is 2.77 bits per heavy atom. The van der Waals surface area contributed by atoms with Crippen molar-refractivity contribution in [3.8, 4) is 11.3 Å². The minimum atomic E-state index is -1.00. The number of carboxylic acids is 1. The normalized spacial score (nSPS) is 16.2. The topological polar surface area (TPSA) is 91.9 Å². The molecule has 0 bridgehead atoms. The molecule has 1 amide bonds. The molecule has 2 N–H and O–H groups in total. The van der Waals surface area contributed by atoms with Crippen LogP contribution in [-0.4, -0.2) is 22.2 Å². The first-order valence-corrected chi connectivity index (χ1v) is 10.5. The highest BCUT2D eigenvalue weighted by molar-refractivity contribution is 8.18. The lowest BCUT2D eigenvalue weighted by molar-refractivity contribution is -0.115. The van der Waals surface area contributed by atoms with E-state index in [1.807, 2.05) is 19.9 Å². The fourth-order valence-electron chi connectivity index (χ4n) is 3.03. The first-order chi connectivity index (χ1) is 14.8. The molecule has 0 radical (unpaired) electrons. The van der Waals surface area contributed by atoms with Crippen LogP contribution in [0.2, 0.25) is 5.02 Å². The van der Waals surface area contributed by atoms with Crippen LogP contribution in [0.1, 0.15) is 27.2 Å². The van der Waals surface area contributed by atoms with Crippen LogP contribution >= 0.6 is 23.4 Å². The summed E-state index contributed by atoms with van der Waals surface area (Å²) in [7, 11) is 0. The van der Waals surface area contributed by atoms with Crippen LogP contribution in [0.4, 0.5) is 5.69 Å². The number of aromatic carboxylic acids is 1. The van der Waals surface area contributed by atoms with Crippen LogP contribution in [0.3, 0.4) is 0 Å². The predicted octanol–water partition coefficient (Wildman–Crippen LogP) is 5.81. The molecule has 6 nitrogen and oxygen atoms in total. The fourth-order valence-corrected chi connectivity index (χ4v) is 4.02. The Bertz CT molecular complexity index is 1280. The quantitative estimate of drug-likeness (QED) is 0.487. The van der Waals surface area contributed by atoms with Gasteiger partial charge in [0.2, 0.25) is 0 Å². The molecule has 156 valence electrons. The van der Waals surface area contributed by atoms with Crippen molar-refractivity contribution in [2.75, 3.05) is 0 Å². The molecule has 1 aromatic heterocycles. The average Bonchev–Trinajstić information content (AvgIpc) is 3.32. The van der Waals surface area contributed by atoms with Crippen molar-refractivity contribution in [3.05, 3.63) is 80.9 Å². The molecule has 0 atom stereocenters. The van der Waals surface area contributed by atoms with E-state index in [4.69, 9.17) is 16.0 Å². The third-order valence-electron chi connectivity index (χ3n) is 4.76. The Balaban J connectivity index is 1.59. The Labute approximate surface area is 187 Å². The Hall–Kier alpha value is -3.29. The number of amides is 1. The van der Waals surface area contributed by atoms with Gasteiger partial charge in [-0.15, -0.1) is 0 Å². The summed E-state index contributed by atoms with van der Waals surface area (Å²) in [4.78, 5) is 28.6. The molecular weight excluding hydrogens is 436 g/mol. The molecule has 0 spiro atoms. The molecule has 2 heterocycles. The maximum Gasteiger partial charge on any atom is 0.335 e. The first-order valence-electron chi connectivity index (χ1n) is 9.30. The number of aliphatic imine (C=N–C) groups is 1. The molecule has 0 aliphatic carbocycles. The van der Waals surface area contributed by atoms with Gasteiger partial charge in [-0.2, -0.15) is 0 Å². The van der Waals surface area contributed by atoms with Crippen LogP contribution in [0.5, 0.6) is 0 Å². The summed E-state index contributed by atoms with van der Waals surface area (Å²) in [6, 6.07) is 13.8. The van der Waals surface area contributed by atoms with Gasteiger partial charge in [0.05, 0.1) is 16.2 Å². The number of amidine groups is 1. The van der Waals surface area contributed by atoms with Crippen molar-refractivity contribution in [2.45, 2.75) is 13.8 Å². The highest BCUT2D eigenvalue weighted by atomic mass is 35.5. The number of nitrogens with zero attached hydrogens (tertiary/aromatic N) is 1.